The van der Waals surface area contributed by atoms with Crippen molar-refractivity contribution in [2.24, 2.45) is 5.73 Å². The summed E-state index contributed by atoms with van der Waals surface area (Å²) in [4.78, 5) is 10.6. The van der Waals surface area contributed by atoms with Gasteiger partial charge < -0.3 is 15.6 Å². The van der Waals surface area contributed by atoms with Crippen LogP contribution in [0.3, 0.4) is 0 Å². The van der Waals surface area contributed by atoms with Crippen LogP contribution in [0.4, 0.5) is 0 Å². The predicted octanol–water partition coefficient (Wildman–Crippen LogP) is 1.70. The molecular formula is C14H20N4. The molecule has 0 amide bonds. The number of aromatic nitrogens is 2. The highest BCUT2D eigenvalue weighted by atomic mass is 15.1. The van der Waals surface area contributed by atoms with E-state index in [-0.39, 0.29) is 0 Å². The van der Waals surface area contributed by atoms with Gasteiger partial charge in [0.05, 0.1) is 11.0 Å². The normalized spacial score (nSPS) is 18.5. The number of likely N-dealkylation sites (tertiary alicyclic amines) is 1. The van der Waals surface area contributed by atoms with Gasteiger partial charge in [-0.05, 0) is 38.1 Å². The lowest BCUT2D eigenvalue weighted by molar-refractivity contribution is 0.215. The smallest absolute Gasteiger partial charge is 0.110 e. The van der Waals surface area contributed by atoms with Gasteiger partial charge in [0.25, 0.3) is 0 Å². The summed E-state index contributed by atoms with van der Waals surface area (Å²) in [5.41, 5.74) is 7.83. The first-order valence-corrected chi connectivity index (χ1v) is 6.74. The van der Waals surface area contributed by atoms with Crippen molar-refractivity contribution in [2.45, 2.75) is 18.8 Å². The molecule has 0 saturated carbocycles. The molecule has 0 atom stereocenters. The van der Waals surface area contributed by atoms with E-state index in [9.17, 15) is 0 Å². The highest BCUT2D eigenvalue weighted by Crippen LogP contribution is 2.27. The van der Waals surface area contributed by atoms with Crippen molar-refractivity contribution in [3.63, 3.8) is 0 Å². The van der Waals surface area contributed by atoms with E-state index in [0.717, 1.165) is 43.0 Å². The van der Waals surface area contributed by atoms with E-state index in [1.54, 1.807) is 0 Å². The number of H-pyrrole nitrogens is 1. The minimum Gasteiger partial charge on any atom is -0.342 e. The number of benzene rings is 1. The third kappa shape index (κ3) is 2.26. The maximum Gasteiger partial charge on any atom is 0.110 e. The third-order valence-corrected chi connectivity index (χ3v) is 3.83. The number of fused-ring (bicyclic) bond motifs is 1. The van der Waals surface area contributed by atoms with Crippen LogP contribution in [0.25, 0.3) is 11.0 Å². The largest absolute Gasteiger partial charge is 0.342 e. The van der Waals surface area contributed by atoms with Gasteiger partial charge >= 0.3 is 0 Å². The number of imidazole rings is 1. The van der Waals surface area contributed by atoms with Crippen LogP contribution in [0.5, 0.6) is 0 Å². The minimum absolute atomic E-state index is 0.575. The van der Waals surface area contributed by atoms with Crippen molar-refractivity contribution in [1.29, 1.82) is 0 Å². The maximum atomic E-state index is 5.60. The SMILES string of the molecule is NCCN1CCC(c2nc3ccccc3[nH]2)CC1. The van der Waals surface area contributed by atoms with Crippen molar-refractivity contribution < 1.29 is 0 Å². The van der Waals surface area contributed by atoms with Crippen LogP contribution >= 0.6 is 0 Å². The summed E-state index contributed by atoms with van der Waals surface area (Å²) in [7, 11) is 0. The van der Waals surface area contributed by atoms with Gasteiger partial charge in [-0.2, -0.15) is 0 Å². The molecule has 1 aliphatic heterocycles. The molecule has 2 heterocycles. The molecule has 0 radical (unpaired) electrons. The zero-order chi connectivity index (χ0) is 12.4. The third-order valence-electron chi connectivity index (χ3n) is 3.83. The number of piperidine rings is 1. The van der Waals surface area contributed by atoms with Crippen molar-refractivity contribution in [3.8, 4) is 0 Å². The molecule has 1 aliphatic rings. The maximum absolute atomic E-state index is 5.60. The number of rotatable bonds is 3. The Hall–Kier alpha value is -1.39. The van der Waals surface area contributed by atoms with Crippen LogP contribution in [-0.4, -0.2) is 41.0 Å². The molecule has 1 aromatic carbocycles. The number of hydrogen-bond acceptors (Lipinski definition) is 3. The minimum atomic E-state index is 0.575. The molecule has 0 bridgehead atoms. The van der Waals surface area contributed by atoms with E-state index in [1.165, 1.54) is 12.8 Å². The molecule has 2 aromatic rings. The second-order valence-corrected chi connectivity index (χ2v) is 5.04. The van der Waals surface area contributed by atoms with Gasteiger partial charge in [-0.25, -0.2) is 4.98 Å². The van der Waals surface area contributed by atoms with Crippen molar-refractivity contribution >= 4 is 11.0 Å². The molecule has 1 saturated heterocycles. The lowest BCUT2D eigenvalue weighted by Crippen LogP contribution is -2.36. The summed E-state index contributed by atoms with van der Waals surface area (Å²) in [6.07, 6.45) is 2.36. The summed E-state index contributed by atoms with van der Waals surface area (Å²) in [6, 6.07) is 8.25. The fourth-order valence-corrected chi connectivity index (χ4v) is 2.78. The zero-order valence-electron chi connectivity index (χ0n) is 10.6. The number of nitrogens with two attached hydrogens (primary N) is 1. The molecule has 0 spiro atoms. The average Bonchev–Trinajstić information content (AvgIpc) is 2.84. The van der Waals surface area contributed by atoms with Crippen molar-refractivity contribution in [1.82, 2.24) is 14.9 Å². The molecular weight excluding hydrogens is 224 g/mol. The number of para-hydroxylation sites is 2. The van der Waals surface area contributed by atoms with Gasteiger partial charge in [0.15, 0.2) is 0 Å². The quantitative estimate of drug-likeness (QED) is 0.864. The number of nitrogens with zero attached hydrogens (tertiary/aromatic N) is 2. The summed E-state index contributed by atoms with van der Waals surface area (Å²) in [6.45, 7) is 4.06. The molecule has 3 N–H and O–H groups in total. The van der Waals surface area contributed by atoms with Crippen LogP contribution in [0.15, 0.2) is 24.3 Å². The number of nitrogens with one attached hydrogen (secondary N) is 1. The molecule has 4 nitrogen and oxygen atoms in total. The second-order valence-electron chi connectivity index (χ2n) is 5.04. The van der Waals surface area contributed by atoms with Crippen LogP contribution < -0.4 is 5.73 Å². The van der Waals surface area contributed by atoms with Gasteiger partial charge in [-0.3, -0.25) is 0 Å². The van der Waals surface area contributed by atoms with Gasteiger partial charge in [0.1, 0.15) is 5.82 Å². The summed E-state index contributed by atoms with van der Waals surface area (Å²) >= 11 is 0. The Bertz CT molecular complexity index is 478. The van der Waals surface area contributed by atoms with Crippen LogP contribution in [-0.2, 0) is 0 Å². The first-order valence-electron chi connectivity index (χ1n) is 6.74. The molecule has 4 heteroatoms. The Balaban J connectivity index is 1.72. The van der Waals surface area contributed by atoms with E-state index < -0.39 is 0 Å². The van der Waals surface area contributed by atoms with E-state index in [0.29, 0.717) is 5.92 Å². The van der Waals surface area contributed by atoms with E-state index in [4.69, 9.17) is 10.7 Å². The van der Waals surface area contributed by atoms with Crippen LogP contribution in [0.2, 0.25) is 0 Å². The summed E-state index contributed by atoms with van der Waals surface area (Å²) in [5.74, 6) is 1.73. The predicted molar refractivity (Wildman–Crippen MR) is 73.6 cm³/mol. The van der Waals surface area contributed by atoms with Crippen molar-refractivity contribution in [3.05, 3.63) is 30.1 Å². The number of hydrogen-bond donors (Lipinski definition) is 2. The fraction of sp³-hybridized carbons (Fsp3) is 0.500. The molecule has 3 rings (SSSR count). The molecule has 18 heavy (non-hydrogen) atoms. The Morgan fingerprint density at radius 2 is 2.06 bits per heavy atom. The molecule has 0 aliphatic carbocycles. The zero-order valence-corrected chi connectivity index (χ0v) is 10.6. The van der Waals surface area contributed by atoms with Crippen molar-refractivity contribution in [2.75, 3.05) is 26.2 Å². The highest BCUT2D eigenvalue weighted by Gasteiger charge is 2.22. The topological polar surface area (TPSA) is 57.9 Å². The van der Waals surface area contributed by atoms with Gasteiger partial charge in [0, 0.05) is 19.0 Å². The second kappa shape index (κ2) is 5.08. The Labute approximate surface area is 107 Å². The van der Waals surface area contributed by atoms with Crippen LogP contribution in [0.1, 0.15) is 24.6 Å². The monoisotopic (exact) mass is 244 g/mol. The fourth-order valence-electron chi connectivity index (χ4n) is 2.78. The van der Waals surface area contributed by atoms with E-state index in [1.807, 2.05) is 12.1 Å². The van der Waals surface area contributed by atoms with E-state index >= 15 is 0 Å². The van der Waals surface area contributed by atoms with Gasteiger partial charge in [0.2, 0.25) is 0 Å². The first-order chi connectivity index (χ1) is 8.86. The lowest BCUT2D eigenvalue weighted by atomic mass is 9.96. The molecule has 1 aromatic heterocycles. The summed E-state index contributed by atoms with van der Waals surface area (Å²) < 4.78 is 0. The average molecular weight is 244 g/mol. The number of aromatic amines is 1. The Morgan fingerprint density at radius 3 is 2.78 bits per heavy atom. The Morgan fingerprint density at radius 1 is 1.28 bits per heavy atom. The standard InChI is InChI=1S/C14H20N4/c15-7-10-18-8-5-11(6-9-18)14-16-12-3-1-2-4-13(12)17-14/h1-4,11H,5-10,15H2,(H,16,17). The first kappa shape index (κ1) is 11.7. The molecule has 96 valence electrons. The van der Waals surface area contributed by atoms with E-state index in [2.05, 4.69) is 22.0 Å². The Kier molecular flexibility index (Phi) is 3.30. The lowest BCUT2D eigenvalue weighted by Gasteiger charge is -2.30. The van der Waals surface area contributed by atoms with Gasteiger partial charge in [-0.1, -0.05) is 12.1 Å². The van der Waals surface area contributed by atoms with Gasteiger partial charge in [-0.15, -0.1) is 0 Å². The molecule has 0 unspecified atom stereocenters. The molecule has 1 fully saturated rings. The van der Waals surface area contributed by atoms with Crippen LogP contribution in [0, 0.1) is 0 Å². The summed E-state index contributed by atoms with van der Waals surface area (Å²) in [5, 5.41) is 0. The highest BCUT2D eigenvalue weighted by molar-refractivity contribution is 5.74.